The van der Waals surface area contributed by atoms with Crippen LogP contribution in [-0.4, -0.2) is 88.7 Å². The largest absolute Gasteiger partial charge is 0.483 e. The zero-order valence-electron chi connectivity index (χ0n) is 32.8. The molecule has 0 aromatic carbocycles. The van der Waals surface area contributed by atoms with Gasteiger partial charge in [0.05, 0.1) is 42.0 Å². The average molecular weight is 816 g/mol. The van der Waals surface area contributed by atoms with Crippen molar-refractivity contribution in [3.05, 3.63) is 35.5 Å². The molecule has 2 saturated carbocycles. The van der Waals surface area contributed by atoms with E-state index < -0.39 is 79.6 Å². The number of rotatable bonds is 9. The van der Waals surface area contributed by atoms with Crippen molar-refractivity contribution < 1.29 is 50.6 Å². The Balaban J connectivity index is 1.26. The highest BCUT2D eigenvalue weighted by Gasteiger charge is 2.64. The van der Waals surface area contributed by atoms with Gasteiger partial charge in [-0.2, -0.15) is 0 Å². The molecule has 0 bridgehead atoms. The maximum Gasteiger partial charge on any atom is 0.306 e. The molecule has 0 radical (unpaired) electrons. The van der Waals surface area contributed by atoms with E-state index in [0.29, 0.717) is 49.6 Å². The molecule has 3 amide bonds. The van der Waals surface area contributed by atoms with Gasteiger partial charge in [0.15, 0.2) is 5.75 Å². The maximum absolute atomic E-state index is 14.8. The molecular weight excluding hydrogens is 765 g/mol. The number of aryl methyl sites for hydroxylation is 1. The van der Waals surface area contributed by atoms with Gasteiger partial charge >= 0.3 is 5.97 Å². The molecule has 3 fully saturated rings. The standard InChI is InChI=1S/C40H51F2N5O9S/c1-5-23(2)55-30(48)19-24-11-9-7-6-8-10-12-25-20-40(25,37(51)46-57(52,53)38(3)17-18-38)45-35(49)28-21-39(22-47(28)36(24)50)16-15-26-31-27(13-14-29(44-31)54-4)43-32(34(41)42)33(26)56-39/h10,12-14,23-25,28,34H,5-9,11,15-22H2,1-4H3,(H,45,49)(H,46,51)/b12-10-/t23-,24+,25+,28-,39+,40+/m0/s1. The molecule has 1 saturated heterocycles. The first-order valence-corrected chi connectivity index (χ1v) is 21.4. The van der Waals surface area contributed by atoms with Gasteiger partial charge in [-0.3, -0.25) is 23.9 Å². The summed E-state index contributed by atoms with van der Waals surface area (Å²) >= 11 is 0. The van der Waals surface area contributed by atoms with Crippen LogP contribution in [0.4, 0.5) is 8.78 Å². The van der Waals surface area contributed by atoms with Crippen LogP contribution in [0.5, 0.6) is 11.6 Å². The molecule has 2 aliphatic carbocycles. The Bertz CT molecular complexity index is 2100. The fraction of sp³-hybridized carbons (Fsp3) is 0.650. The van der Waals surface area contributed by atoms with Crippen LogP contribution >= 0.6 is 0 Å². The number of ether oxygens (including phenoxy) is 3. The predicted octanol–water partition coefficient (Wildman–Crippen LogP) is 4.98. The Kier molecular flexibility index (Phi) is 11.0. The minimum Gasteiger partial charge on any atom is -0.483 e. The first kappa shape index (κ1) is 40.8. The lowest BCUT2D eigenvalue weighted by atomic mass is 9.88. The molecule has 310 valence electrons. The zero-order valence-corrected chi connectivity index (χ0v) is 33.6. The highest BCUT2D eigenvalue weighted by atomic mass is 32.2. The van der Waals surface area contributed by atoms with Gasteiger partial charge in [-0.25, -0.2) is 27.2 Å². The number of carbonyl (C=O) groups excluding carboxylic acids is 4. The minimum absolute atomic E-state index is 0.130. The van der Waals surface area contributed by atoms with Crippen molar-refractivity contribution in [2.24, 2.45) is 11.8 Å². The zero-order chi connectivity index (χ0) is 40.9. The summed E-state index contributed by atoms with van der Waals surface area (Å²) in [7, 11) is -2.61. The number of carbonyl (C=O) groups is 4. The summed E-state index contributed by atoms with van der Waals surface area (Å²) in [5.41, 5.74) is -2.56. The first-order valence-electron chi connectivity index (χ1n) is 19.9. The molecular formula is C40H51F2N5O9S. The van der Waals surface area contributed by atoms with Crippen LogP contribution in [0.15, 0.2) is 24.3 Å². The molecule has 5 heterocycles. The fourth-order valence-electron chi connectivity index (χ4n) is 8.35. The summed E-state index contributed by atoms with van der Waals surface area (Å²) < 4.78 is 74.3. The van der Waals surface area contributed by atoms with Crippen molar-refractivity contribution in [2.75, 3.05) is 13.7 Å². The number of sulfonamides is 1. The van der Waals surface area contributed by atoms with Crippen LogP contribution in [-0.2, 0) is 40.4 Å². The fourth-order valence-corrected chi connectivity index (χ4v) is 9.66. The van der Waals surface area contributed by atoms with Gasteiger partial charge in [0, 0.05) is 29.9 Å². The lowest BCUT2D eigenvalue weighted by Crippen LogP contribution is -2.57. The number of amides is 3. The van der Waals surface area contributed by atoms with Crippen molar-refractivity contribution >= 4 is 44.7 Å². The van der Waals surface area contributed by atoms with Crippen LogP contribution in [0.25, 0.3) is 11.0 Å². The minimum atomic E-state index is -4.05. The number of fused-ring (bicyclic) bond motifs is 5. The molecule has 0 unspecified atom stereocenters. The quantitative estimate of drug-likeness (QED) is 0.257. The van der Waals surface area contributed by atoms with Crippen molar-refractivity contribution in [2.45, 2.75) is 139 Å². The number of alkyl halides is 2. The van der Waals surface area contributed by atoms with Gasteiger partial charge in [0.25, 0.3) is 12.3 Å². The Labute approximate surface area is 330 Å². The van der Waals surface area contributed by atoms with E-state index in [2.05, 4.69) is 20.0 Å². The maximum atomic E-state index is 14.8. The number of halogens is 2. The van der Waals surface area contributed by atoms with Gasteiger partial charge in [0.2, 0.25) is 27.7 Å². The van der Waals surface area contributed by atoms with Gasteiger partial charge < -0.3 is 24.4 Å². The summed E-state index contributed by atoms with van der Waals surface area (Å²) in [5.74, 6) is -3.91. The van der Waals surface area contributed by atoms with E-state index in [0.717, 1.165) is 12.8 Å². The number of aromatic nitrogens is 2. The highest BCUT2D eigenvalue weighted by molar-refractivity contribution is 7.91. The van der Waals surface area contributed by atoms with Crippen LogP contribution in [0, 0.1) is 11.8 Å². The number of allylic oxidation sites excluding steroid dienone is 1. The predicted molar refractivity (Wildman–Crippen MR) is 203 cm³/mol. The molecule has 5 aliphatic rings. The number of hydrogen-bond donors (Lipinski definition) is 2. The number of hydrogen-bond acceptors (Lipinski definition) is 11. The summed E-state index contributed by atoms with van der Waals surface area (Å²) in [6, 6.07) is 1.81. The third-order valence-corrected chi connectivity index (χ3v) is 14.7. The third kappa shape index (κ3) is 7.92. The van der Waals surface area contributed by atoms with E-state index in [9.17, 15) is 36.4 Å². The van der Waals surface area contributed by atoms with Gasteiger partial charge in [-0.05, 0) is 77.7 Å². The van der Waals surface area contributed by atoms with Crippen LogP contribution in [0.1, 0.15) is 116 Å². The van der Waals surface area contributed by atoms with Gasteiger partial charge in [0.1, 0.15) is 22.9 Å². The Hall–Kier alpha value is -4.41. The molecule has 2 aromatic heterocycles. The monoisotopic (exact) mass is 815 g/mol. The smallest absolute Gasteiger partial charge is 0.306 e. The molecule has 7 rings (SSSR count). The molecule has 3 aliphatic heterocycles. The molecule has 57 heavy (non-hydrogen) atoms. The summed E-state index contributed by atoms with van der Waals surface area (Å²) in [6.45, 7) is 5.02. The van der Waals surface area contributed by atoms with E-state index >= 15 is 0 Å². The van der Waals surface area contributed by atoms with Crippen LogP contribution < -0.4 is 19.5 Å². The lowest BCUT2D eigenvalue weighted by Gasteiger charge is -2.36. The highest BCUT2D eigenvalue weighted by Crippen LogP contribution is 2.50. The number of nitrogens with one attached hydrogen (secondary N) is 2. The van der Waals surface area contributed by atoms with Crippen LogP contribution in [0.2, 0.25) is 0 Å². The average Bonchev–Trinajstić information content (AvgIpc) is 4.07. The second kappa shape index (κ2) is 15.4. The summed E-state index contributed by atoms with van der Waals surface area (Å²) in [5, 5.41) is 2.86. The van der Waals surface area contributed by atoms with Crippen molar-refractivity contribution in [1.29, 1.82) is 0 Å². The molecule has 14 nitrogen and oxygen atoms in total. The SMILES string of the molecule is CC[C@H](C)OC(=O)C[C@H]1CCCCC/C=C\[C@@H]2C[C@@]2(C(=O)NS(=O)(=O)C2(C)CC2)NC(=O)[C@@H]2C[C@]3(CCc4c(c(C(F)F)nc5ccc(OC)nc45)O3)CN2C1=O. The second-order valence-electron chi connectivity index (χ2n) is 16.6. The van der Waals surface area contributed by atoms with E-state index in [1.54, 1.807) is 19.9 Å². The second-order valence-corrected chi connectivity index (χ2v) is 18.8. The molecule has 2 aromatic rings. The number of pyridine rings is 2. The van der Waals surface area contributed by atoms with Crippen molar-refractivity contribution in [3.63, 3.8) is 0 Å². The lowest BCUT2D eigenvalue weighted by molar-refractivity contribution is -0.153. The number of nitrogens with zero attached hydrogens (tertiary/aromatic N) is 3. The molecule has 2 N–H and O–H groups in total. The summed E-state index contributed by atoms with van der Waals surface area (Å²) in [6.07, 6.45) is 5.04. The van der Waals surface area contributed by atoms with E-state index in [-0.39, 0.29) is 61.9 Å². The van der Waals surface area contributed by atoms with Crippen molar-refractivity contribution in [3.8, 4) is 11.6 Å². The third-order valence-electron chi connectivity index (χ3n) is 12.5. The summed E-state index contributed by atoms with van der Waals surface area (Å²) in [4.78, 5) is 66.5. The Morgan fingerprint density at radius 1 is 1.12 bits per heavy atom. The van der Waals surface area contributed by atoms with E-state index in [1.807, 2.05) is 19.1 Å². The topological polar surface area (TPSA) is 183 Å². The van der Waals surface area contributed by atoms with Crippen LogP contribution in [0.3, 0.4) is 0 Å². The number of esters is 1. The van der Waals surface area contributed by atoms with Crippen molar-refractivity contribution in [1.82, 2.24) is 24.9 Å². The molecule has 1 spiro atoms. The number of methoxy groups -OCH3 is 1. The Morgan fingerprint density at radius 3 is 2.60 bits per heavy atom. The van der Waals surface area contributed by atoms with E-state index in [4.69, 9.17) is 14.2 Å². The molecule has 17 heteroatoms. The Morgan fingerprint density at radius 2 is 1.89 bits per heavy atom. The van der Waals surface area contributed by atoms with E-state index in [1.165, 1.54) is 18.1 Å². The normalized spacial score (nSPS) is 29.5. The molecule has 6 atom stereocenters. The first-order chi connectivity index (χ1) is 27.0. The van der Waals surface area contributed by atoms with Gasteiger partial charge in [-0.15, -0.1) is 0 Å². The van der Waals surface area contributed by atoms with Gasteiger partial charge in [-0.1, -0.05) is 31.9 Å².